The fourth-order valence-corrected chi connectivity index (χ4v) is 3.50. The van der Waals surface area contributed by atoms with Gasteiger partial charge in [-0.05, 0) is 38.0 Å². The van der Waals surface area contributed by atoms with Gasteiger partial charge in [-0.15, -0.1) is 11.3 Å². The average Bonchev–Trinajstić information content (AvgIpc) is 3.01. The van der Waals surface area contributed by atoms with E-state index in [4.69, 9.17) is 0 Å². The minimum absolute atomic E-state index is 0.0559. The average molecular weight is 351 g/mol. The van der Waals surface area contributed by atoms with Crippen molar-refractivity contribution in [2.24, 2.45) is 0 Å². The molecule has 1 aromatic carbocycles. The van der Waals surface area contributed by atoms with Crippen molar-refractivity contribution in [1.29, 1.82) is 0 Å². The minimum atomic E-state index is -0.0559. The topological polar surface area (TPSA) is 54.9 Å². The van der Waals surface area contributed by atoms with Crippen LogP contribution in [0.15, 0.2) is 48.7 Å². The standard InChI is InChI=1S/C20H21N3OS/c1-14-6-8-16(9-7-14)13-22-20(24)19-15(2)23-18(25-19)11-10-17-5-3-4-12-21-17/h3-9,12H,10-11,13H2,1-2H3,(H,22,24). The molecule has 1 amide bonds. The van der Waals surface area contributed by atoms with Crippen LogP contribution in [0.25, 0.3) is 0 Å². The molecule has 3 aromatic rings. The fourth-order valence-electron chi connectivity index (χ4n) is 2.52. The summed E-state index contributed by atoms with van der Waals surface area (Å²) in [5.74, 6) is -0.0559. The molecule has 1 N–H and O–H groups in total. The lowest BCUT2D eigenvalue weighted by molar-refractivity contribution is 0.0954. The van der Waals surface area contributed by atoms with E-state index in [1.165, 1.54) is 16.9 Å². The highest BCUT2D eigenvalue weighted by Crippen LogP contribution is 2.19. The summed E-state index contributed by atoms with van der Waals surface area (Å²) < 4.78 is 0. The van der Waals surface area contributed by atoms with E-state index in [0.29, 0.717) is 11.4 Å². The largest absolute Gasteiger partial charge is 0.347 e. The van der Waals surface area contributed by atoms with Gasteiger partial charge in [-0.3, -0.25) is 9.78 Å². The number of nitrogens with zero attached hydrogens (tertiary/aromatic N) is 2. The number of amides is 1. The number of hydrogen-bond acceptors (Lipinski definition) is 4. The van der Waals surface area contributed by atoms with Crippen LogP contribution in [0.4, 0.5) is 0 Å². The lowest BCUT2D eigenvalue weighted by Crippen LogP contribution is -2.22. The predicted octanol–water partition coefficient (Wildman–Crippen LogP) is 3.87. The molecule has 25 heavy (non-hydrogen) atoms. The van der Waals surface area contributed by atoms with E-state index in [-0.39, 0.29) is 5.91 Å². The Balaban J connectivity index is 1.59. The molecule has 0 bridgehead atoms. The highest BCUT2D eigenvalue weighted by Gasteiger charge is 2.15. The number of hydrogen-bond donors (Lipinski definition) is 1. The van der Waals surface area contributed by atoms with Crippen molar-refractivity contribution in [3.63, 3.8) is 0 Å². The number of carbonyl (C=O) groups excluding carboxylic acids is 1. The fraction of sp³-hybridized carbons (Fsp3) is 0.250. The Bertz CT molecular complexity index is 841. The summed E-state index contributed by atoms with van der Waals surface area (Å²) in [6, 6.07) is 14.1. The first-order valence-corrected chi connectivity index (χ1v) is 9.13. The second-order valence-corrected chi connectivity index (χ2v) is 7.10. The van der Waals surface area contributed by atoms with Crippen LogP contribution in [0.3, 0.4) is 0 Å². The zero-order valence-electron chi connectivity index (χ0n) is 14.5. The SMILES string of the molecule is Cc1ccc(CNC(=O)c2sc(CCc3ccccn3)nc2C)cc1. The number of carbonyl (C=O) groups is 1. The molecule has 0 aliphatic carbocycles. The van der Waals surface area contributed by atoms with Crippen LogP contribution >= 0.6 is 11.3 Å². The van der Waals surface area contributed by atoms with Gasteiger partial charge in [-0.2, -0.15) is 0 Å². The van der Waals surface area contributed by atoms with Crippen molar-refractivity contribution >= 4 is 17.2 Å². The Hall–Kier alpha value is -2.53. The number of thiazole rings is 1. The van der Waals surface area contributed by atoms with Crippen LogP contribution in [-0.4, -0.2) is 15.9 Å². The first kappa shape index (κ1) is 17.3. The molecule has 3 rings (SSSR count). The number of rotatable bonds is 6. The molecule has 4 nitrogen and oxygen atoms in total. The van der Waals surface area contributed by atoms with Crippen molar-refractivity contribution in [3.8, 4) is 0 Å². The molecule has 2 heterocycles. The third-order valence-corrected chi connectivity index (χ3v) is 5.16. The normalized spacial score (nSPS) is 10.6. The molecule has 0 radical (unpaired) electrons. The molecule has 0 fully saturated rings. The third-order valence-electron chi connectivity index (χ3n) is 3.94. The van der Waals surface area contributed by atoms with Crippen LogP contribution in [0, 0.1) is 13.8 Å². The van der Waals surface area contributed by atoms with Gasteiger partial charge in [0.15, 0.2) is 0 Å². The molecule has 0 aliphatic rings. The Labute approximate surface area is 152 Å². The quantitative estimate of drug-likeness (QED) is 0.733. The Morgan fingerprint density at radius 1 is 1.08 bits per heavy atom. The van der Waals surface area contributed by atoms with E-state index in [1.54, 1.807) is 6.20 Å². The Kier molecular flexibility index (Phi) is 5.56. The van der Waals surface area contributed by atoms with Crippen molar-refractivity contribution < 1.29 is 4.79 Å². The molecule has 0 unspecified atom stereocenters. The van der Waals surface area contributed by atoms with Crippen LogP contribution in [-0.2, 0) is 19.4 Å². The molecule has 0 aliphatic heterocycles. The number of benzene rings is 1. The number of pyridine rings is 1. The van der Waals surface area contributed by atoms with Crippen LogP contribution < -0.4 is 5.32 Å². The van der Waals surface area contributed by atoms with Gasteiger partial charge >= 0.3 is 0 Å². The molecule has 0 saturated carbocycles. The molecule has 0 saturated heterocycles. The van der Waals surface area contributed by atoms with Crippen LogP contribution in [0.2, 0.25) is 0 Å². The third kappa shape index (κ3) is 4.73. The highest BCUT2D eigenvalue weighted by molar-refractivity contribution is 7.13. The van der Waals surface area contributed by atoms with Crippen molar-refractivity contribution in [1.82, 2.24) is 15.3 Å². The van der Waals surface area contributed by atoms with Gasteiger partial charge in [0.1, 0.15) is 4.88 Å². The monoisotopic (exact) mass is 351 g/mol. The lowest BCUT2D eigenvalue weighted by atomic mass is 10.1. The first-order valence-electron chi connectivity index (χ1n) is 8.32. The maximum atomic E-state index is 12.4. The number of aromatic nitrogens is 2. The van der Waals surface area contributed by atoms with E-state index >= 15 is 0 Å². The molecule has 5 heteroatoms. The summed E-state index contributed by atoms with van der Waals surface area (Å²) in [6.45, 7) is 4.47. The van der Waals surface area contributed by atoms with Gasteiger partial charge in [0, 0.05) is 24.9 Å². The number of nitrogens with one attached hydrogen (secondary N) is 1. The smallest absolute Gasteiger partial charge is 0.263 e. The summed E-state index contributed by atoms with van der Waals surface area (Å²) in [5.41, 5.74) is 4.14. The van der Waals surface area contributed by atoms with Crippen LogP contribution in [0.1, 0.15) is 37.2 Å². The zero-order valence-corrected chi connectivity index (χ0v) is 15.3. The highest BCUT2D eigenvalue weighted by atomic mass is 32.1. The van der Waals surface area contributed by atoms with E-state index in [2.05, 4.69) is 34.3 Å². The lowest BCUT2D eigenvalue weighted by Gasteiger charge is -2.04. The molecular weight excluding hydrogens is 330 g/mol. The van der Waals surface area contributed by atoms with Crippen molar-refractivity contribution in [2.45, 2.75) is 33.2 Å². The van der Waals surface area contributed by atoms with E-state index in [9.17, 15) is 4.79 Å². The summed E-state index contributed by atoms with van der Waals surface area (Å²) in [5, 5.41) is 3.96. The Morgan fingerprint density at radius 2 is 1.88 bits per heavy atom. The van der Waals surface area contributed by atoms with E-state index in [0.717, 1.165) is 34.8 Å². The van der Waals surface area contributed by atoms with Gasteiger partial charge in [0.25, 0.3) is 5.91 Å². The van der Waals surface area contributed by atoms with Crippen molar-refractivity contribution in [3.05, 3.63) is 81.1 Å². The van der Waals surface area contributed by atoms with E-state index < -0.39 is 0 Å². The minimum Gasteiger partial charge on any atom is -0.347 e. The van der Waals surface area contributed by atoms with Crippen LogP contribution in [0.5, 0.6) is 0 Å². The van der Waals surface area contributed by atoms with Crippen molar-refractivity contribution in [2.75, 3.05) is 0 Å². The maximum absolute atomic E-state index is 12.4. The number of aryl methyl sites for hydroxylation is 4. The molecule has 0 atom stereocenters. The molecular formula is C20H21N3OS. The second-order valence-electron chi connectivity index (χ2n) is 6.01. The zero-order chi connectivity index (χ0) is 17.6. The van der Waals surface area contributed by atoms with Gasteiger partial charge in [0.05, 0.1) is 10.7 Å². The maximum Gasteiger partial charge on any atom is 0.263 e. The van der Waals surface area contributed by atoms with E-state index in [1.807, 2.05) is 37.3 Å². The summed E-state index contributed by atoms with van der Waals surface area (Å²) in [4.78, 5) is 22.0. The summed E-state index contributed by atoms with van der Waals surface area (Å²) >= 11 is 1.47. The molecule has 128 valence electrons. The Morgan fingerprint density at radius 3 is 2.60 bits per heavy atom. The summed E-state index contributed by atoms with van der Waals surface area (Å²) in [7, 11) is 0. The second kappa shape index (κ2) is 8.03. The molecule has 0 spiro atoms. The first-order chi connectivity index (χ1) is 12.1. The van der Waals surface area contributed by atoms with Gasteiger partial charge in [0.2, 0.25) is 0 Å². The summed E-state index contributed by atoms with van der Waals surface area (Å²) in [6.07, 6.45) is 3.43. The molecule has 2 aromatic heterocycles. The van der Waals surface area contributed by atoms with Gasteiger partial charge in [-0.25, -0.2) is 4.98 Å². The predicted molar refractivity (Wildman–Crippen MR) is 101 cm³/mol. The van der Waals surface area contributed by atoms with Gasteiger partial charge < -0.3 is 5.32 Å². The van der Waals surface area contributed by atoms with Gasteiger partial charge in [-0.1, -0.05) is 35.9 Å².